The fourth-order valence-corrected chi connectivity index (χ4v) is 5.78. The number of rotatable bonds is 9. The quantitative estimate of drug-likeness (QED) is 0.394. The number of halogens is 4. The van der Waals surface area contributed by atoms with Gasteiger partial charge in [-0.05, 0) is 49.6 Å². The molecule has 0 bridgehead atoms. The molecule has 2 aromatic rings. The van der Waals surface area contributed by atoms with Crippen molar-refractivity contribution in [3.63, 3.8) is 0 Å². The molecule has 2 amide bonds. The second kappa shape index (κ2) is 12.7. The van der Waals surface area contributed by atoms with Gasteiger partial charge in [0, 0.05) is 12.6 Å². The Balaban J connectivity index is 1.91. The number of carbonyl (C=O) groups is 2. The van der Waals surface area contributed by atoms with Gasteiger partial charge in [-0.1, -0.05) is 66.2 Å². The fourth-order valence-electron chi connectivity index (χ4n) is 4.24. The van der Waals surface area contributed by atoms with Crippen LogP contribution in [0.3, 0.4) is 0 Å². The van der Waals surface area contributed by atoms with Crippen molar-refractivity contribution in [3.8, 4) is 0 Å². The average molecular weight is 593 g/mol. The average Bonchev–Trinajstić information content (AvgIpc) is 2.84. The van der Waals surface area contributed by atoms with Crippen LogP contribution in [0.5, 0.6) is 0 Å². The highest BCUT2D eigenvalue weighted by atomic mass is 35.5. The van der Waals surface area contributed by atoms with Crippen LogP contribution < -0.4 is 9.62 Å². The minimum Gasteiger partial charge on any atom is -0.352 e. The van der Waals surface area contributed by atoms with Crippen LogP contribution in [0.1, 0.15) is 44.6 Å². The summed E-state index contributed by atoms with van der Waals surface area (Å²) < 4.78 is 39.7. The molecule has 0 radical (unpaired) electrons. The van der Waals surface area contributed by atoms with Gasteiger partial charge < -0.3 is 10.2 Å². The Labute approximate surface area is 231 Å². The van der Waals surface area contributed by atoms with E-state index in [1.165, 1.54) is 41.3 Å². The third-order valence-corrected chi connectivity index (χ3v) is 8.47. The molecule has 1 aliphatic rings. The van der Waals surface area contributed by atoms with Gasteiger partial charge in [0.25, 0.3) is 0 Å². The summed E-state index contributed by atoms with van der Waals surface area (Å²) in [6.07, 6.45) is 5.82. The molecule has 1 fully saturated rings. The molecule has 1 atom stereocenters. The van der Waals surface area contributed by atoms with E-state index in [2.05, 4.69) is 5.32 Å². The van der Waals surface area contributed by atoms with Crippen LogP contribution in [-0.4, -0.2) is 50.0 Å². The molecular formula is C25H29Cl3FN3O4S. The Morgan fingerprint density at radius 2 is 1.62 bits per heavy atom. The summed E-state index contributed by atoms with van der Waals surface area (Å²) in [6, 6.07) is 7.17. The Hall–Kier alpha value is -2.07. The van der Waals surface area contributed by atoms with E-state index < -0.39 is 34.3 Å². The molecule has 0 spiro atoms. The molecule has 0 aromatic heterocycles. The number of amides is 2. The minimum absolute atomic E-state index is 0.0131. The Bertz CT molecular complexity index is 1240. The summed E-state index contributed by atoms with van der Waals surface area (Å²) in [5.74, 6) is -1.44. The van der Waals surface area contributed by atoms with Crippen molar-refractivity contribution in [3.05, 3.63) is 62.8 Å². The molecule has 0 aliphatic heterocycles. The zero-order valence-electron chi connectivity index (χ0n) is 20.5. The van der Waals surface area contributed by atoms with E-state index in [4.69, 9.17) is 34.8 Å². The van der Waals surface area contributed by atoms with Gasteiger partial charge in [-0.3, -0.25) is 13.9 Å². The van der Waals surface area contributed by atoms with Crippen molar-refractivity contribution >= 4 is 62.3 Å². The lowest BCUT2D eigenvalue weighted by molar-refractivity contribution is -0.139. The lowest BCUT2D eigenvalue weighted by Gasteiger charge is -2.33. The predicted molar refractivity (Wildman–Crippen MR) is 145 cm³/mol. The number of carbonyl (C=O) groups excluding carboxylic acids is 2. The van der Waals surface area contributed by atoms with Gasteiger partial charge in [-0.2, -0.15) is 0 Å². The van der Waals surface area contributed by atoms with Gasteiger partial charge in [0.1, 0.15) is 18.4 Å². The normalized spacial score (nSPS) is 15.2. The van der Waals surface area contributed by atoms with Crippen LogP contribution in [-0.2, 0) is 26.2 Å². The maximum Gasteiger partial charge on any atom is 0.244 e. The lowest BCUT2D eigenvalue weighted by atomic mass is 9.95. The minimum atomic E-state index is -4.00. The maximum absolute atomic E-state index is 13.6. The van der Waals surface area contributed by atoms with E-state index in [-0.39, 0.29) is 39.2 Å². The first-order chi connectivity index (χ1) is 17.4. The summed E-state index contributed by atoms with van der Waals surface area (Å²) in [6.45, 7) is 0.903. The summed E-state index contributed by atoms with van der Waals surface area (Å²) in [5, 5.41) is 3.18. The van der Waals surface area contributed by atoms with E-state index in [1.54, 1.807) is 6.92 Å². The Morgan fingerprint density at radius 3 is 2.22 bits per heavy atom. The smallest absolute Gasteiger partial charge is 0.244 e. The topological polar surface area (TPSA) is 86.8 Å². The van der Waals surface area contributed by atoms with Crippen LogP contribution in [0.25, 0.3) is 0 Å². The van der Waals surface area contributed by atoms with E-state index >= 15 is 0 Å². The van der Waals surface area contributed by atoms with Crippen LogP contribution in [0.2, 0.25) is 15.1 Å². The zero-order valence-corrected chi connectivity index (χ0v) is 23.6. The lowest BCUT2D eigenvalue weighted by Crippen LogP contribution is -2.53. The van der Waals surface area contributed by atoms with E-state index in [0.717, 1.165) is 42.7 Å². The first kappa shape index (κ1) is 29.5. The number of anilines is 1. The monoisotopic (exact) mass is 591 g/mol. The van der Waals surface area contributed by atoms with E-state index in [9.17, 15) is 22.4 Å². The summed E-state index contributed by atoms with van der Waals surface area (Å²) in [7, 11) is -4.00. The SMILES string of the molecule is C[C@@H](C(=O)NC1CCCCC1)N(Cc1ccc(F)cc1)C(=O)CN(c1cc(Cl)c(Cl)cc1Cl)S(C)(=O)=O. The zero-order chi connectivity index (χ0) is 27.3. The van der Waals surface area contributed by atoms with Crippen molar-refractivity contribution in [2.45, 2.75) is 57.7 Å². The largest absolute Gasteiger partial charge is 0.352 e. The molecule has 3 rings (SSSR count). The van der Waals surface area contributed by atoms with Crippen LogP contribution in [0.15, 0.2) is 36.4 Å². The van der Waals surface area contributed by atoms with Crippen molar-refractivity contribution < 1.29 is 22.4 Å². The van der Waals surface area contributed by atoms with Crippen LogP contribution in [0, 0.1) is 5.82 Å². The molecule has 0 saturated heterocycles. The van der Waals surface area contributed by atoms with Gasteiger partial charge >= 0.3 is 0 Å². The highest BCUT2D eigenvalue weighted by Crippen LogP contribution is 2.35. The number of sulfonamides is 1. The van der Waals surface area contributed by atoms with Gasteiger partial charge in [0.2, 0.25) is 21.8 Å². The van der Waals surface area contributed by atoms with Crippen LogP contribution >= 0.6 is 34.8 Å². The summed E-state index contributed by atoms with van der Waals surface area (Å²) in [5.41, 5.74) is 0.554. The summed E-state index contributed by atoms with van der Waals surface area (Å²) >= 11 is 18.3. The highest BCUT2D eigenvalue weighted by Gasteiger charge is 2.32. The number of hydrogen-bond donors (Lipinski definition) is 1. The van der Waals surface area contributed by atoms with Gasteiger partial charge in [0.05, 0.1) is 27.0 Å². The number of hydrogen-bond acceptors (Lipinski definition) is 4. The van der Waals surface area contributed by atoms with Gasteiger partial charge in [-0.25, -0.2) is 12.8 Å². The standard InChI is InChI=1S/C25H29Cl3FN3O4S/c1-16(25(34)30-19-6-4-3-5-7-19)31(14-17-8-10-18(29)11-9-17)24(33)15-32(37(2,35)36)23-13-21(27)20(26)12-22(23)28/h8-13,16,19H,3-7,14-15H2,1-2H3,(H,30,34)/t16-/m0/s1. The Kier molecular flexibility index (Phi) is 10.1. The molecule has 1 saturated carbocycles. The second-order valence-electron chi connectivity index (χ2n) is 9.15. The third-order valence-electron chi connectivity index (χ3n) is 6.32. The van der Waals surface area contributed by atoms with Crippen molar-refractivity contribution in [2.24, 2.45) is 0 Å². The molecule has 12 heteroatoms. The molecule has 202 valence electrons. The molecule has 0 unspecified atom stereocenters. The predicted octanol–water partition coefficient (Wildman–Crippen LogP) is 5.42. The first-order valence-electron chi connectivity index (χ1n) is 11.8. The van der Waals surface area contributed by atoms with E-state index in [1.807, 2.05) is 0 Å². The number of nitrogens with zero attached hydrogens (tertiary/aromatic N) is 2. The molecule has 1 aliphatic carbocycles. The fraction of sp³-hybridized carbons (Fsp3) is 0.440. The van der Waals surface area contributed by atoms with Crippen molar-refractivity contribution in [2.75, 3.05) is 17.1 Å². The maximum atomic E-state index is 13.6. The molecule has 37 heavy (non-hydrogen) atoms. The molecule has 7 nitrogen and oxygen atoms in total. The highest BCUT2D eigenvalue weighted by molar-refractivity contribution is 7.92. The van der Waals surface area contributed by atoms with Gasteiger partial charge in [0.15, 0.2) is 0 Å². The summed E-state index contributed by atoms with van der Waals surface area (Å²) in [4.78, 5) is 28.0. The molecule has 1 N–H and O–H groups in total. The van der Waals surface area contributed by atoms with E-state index in [0.29, 0.717) is 5.56 Å². The number of benzene rings is 2. The first-order valence-corrected chi connectivity index (χ1v) is 14.8. The molecule has 0 heterocycles. The Morgan fingerprint density at radius 1 is 1.03 bits per heavy atom. The van der Waals surface area contributed by atoms with Crippen molar-refractivity contribution in [1.82, 2.24) is 10.2 Å². The second-order valence-corrected chi connectivity index (χ2v) is 12.3. The van der Waals surface area contributed by atoms with Gasteiger partial charge in [-0.15, -0.1) is 0 Å². The van der Waals surface area contributed by atoms with Crippen molar-refractivity contribution in [1.29, 1.82) is 0 Å². The third kappa shape index (κ3) is 7.96. The molecular weight excluding hydrogens is 564 g/mol. The molecule has 2 aromatic carbocycles. The van der Waals surface area contributed by atoms with Crippen LogP contribution in [0.4, 0.5) is 10.1 Å². The number of nitrogens with one attached hydrogen (secondary N) is 1.